The Morgan fingerprint density at radius 3 is 2.29 bits per heavy atom. The molecule has 2 heteroatoms. The number of aliphatic hydroxyl groups is 1. The van der Waals surface area contributed by atoms with Gasteiger partial charge in [-0.15, -0.1) is 0 Å². The molecular formula is C12H27NO. The molecule has 0 aliphatic rings. The fraction of sp³-hybridized carbons (Fsp3) is 1.00. The van der Waals surface area contributed by atoms with Crippen LogP contribution >= 0.6 is 0 Å². The molecule has 14 heavy (non-hydrogen) atoms. The summed E-state index contributed by atoms with van der Waals surface area (Å²) in [5, 5.41) is 9.10. The summed E-state index contributed by atoms with van der Waals surface area (Å²) in [6, 6.07) is 0.701. The van der Waals surface area contributed by atoms with Crippen LogP contribution in [0.3, 0.4) is 0 Å². The Labute approximate surface area is 89.3 Å². The Morgan fingerprint density at radius 2 is 1.79 bits per heavy atom. The average molecular weight is 201 g/mol. The molecule has 2 unspecified atom stereocenters. The van der Waals surface area contributed by atoms with E-state index >= 15 is 0 Å². The number of unbranched alkanes of at least 4 members (excludes halogenated alkanes) is 1. The molecule has 0 aliphatic heterocycles. The maximum absolute atomic E-state index is 9.10. The van der Waals surface area contributed by atoms with Gasteiger partial charge in [-0.05, 0) is 53.1 Å². The van der Waals surface area contributed by atoms with E-state index in [1.807, 2.05) is 6.92 Å². The van der Waals surface area contributed by atoms with Crippen molar-refractivity contribution in [2.24, 2.45) is 0 Å². The van der Waals surface area contributed by atoms with Gasteiger partial charge in [-0.25, -0.2) is 0 Å². The second-order valence-corrected chi connectivity index (χ2v) is 4.46. The van der Waals surface area contributed by atoms with Gasteiger partial charge >= 0.3 is 0 Å². The van der Waals surface area contributed by atoms with Gasteiger partial charge in [0.15, 0.2) is 0 Å². The molecule has 1 N–H and O–H groups in total. The van der Waals surface area contributed by atoms with E-state index in [-0.39, 0.29) is 6.10 Å². The second-order valence-electron chi connectivity index (χ2n) is 4.46. The number of hydrogen-bond acceptors (Lipinski definition) is 2. The van der Waals surface area contributed by atoms with Gasteiger partial charge in [0.1, 0.15) is 0 Å². The zero-order valence-electron chi connectivity index (χ0n) is 10.3. The third kappa shape index (κ3) is 7.34. The summed E-state index contributed by atoms with van der Waals surface area (Å²) in [5.41, 5.74) is 0. The van der Waals surface area contributed by atoms with E-state index in [1.165, 1.54) is 19.3 Å². The van der Waals surface area contributed by atoms with E-state index in [0.29, 0.717) is 6.04 Å². The zero-order valence-corrected chi connectivity index (χ0v) is 10.3. The summed E-state index contributed by atoms with van der Waals surface area (Å²) in [4.78, 5) is 2.42. The summed E-state index contributed by atoms with van der Waals surface area (Å²) < 4.78 is 0. The average Bonchev–Trinajstić information content (AvgIpc) is 2.12. The summed E-state index contributed by atoms with van der Waals surface area (Å²) in [6.45, 7) is 7.55. The van der Waals surface area contributed by atoms with Crippen LogP contribution in [0.4, 0.5) is 0 Å². The highest BCUT2D eigenvalue weighted by atomic mass is 16.3. The number of rotatable bonds is 8. The van der Waals surface area contributed by atoms with Crippen molar-refractivity contribution in [1.29, 1.82) is 0 Å². The van der Waals surface area contributed by atoms with Crippen LogP contribution in [0.1, 0.15) is 52.9 Å². The highest BCUT2D eigenvalue weighted by molar-refractivity contribution is 4.62. The Balaban J connectivity index is 3.38. The molecule has 0 aromatic heterocycles. The van der Waals surface area contributed by atoms with Crippen LogP contribution in [-0.2, 0) is 0 Å². The molecule has 0 aromatic carbocycles. The molecule has 0 radical (unpaired) electrons. The summed E-state index contributed by atoms with van der Waals surface area (Å²) in [7, 11) is 2.20. The lowest BCUT2D eigenvalue weighted by molar-refractivity contribution is 0.175. The minimum atomic E-state index is -0.131. The predicted molar refractivity (Wildman–Crippen MR) is 62.5 cm³/mol. The molecule has 2 atom stereocenters. The molecule has 86 valence electrons. The first-order valence-electron chi connectivity index (χ1n) is 5.96. The Hall–Kier alpha value is -0.0800. The van der Waals surface area contributed by atoms with Gasteiger partial charge in [-0.2, -0.15) is 0 Å². The van der Waals surface area contributed by atoms with Crippen molar-refractivity contribution < 1.29 is 5.11 Å². The van der Waals surface area contributed by atoms with E-state index in [9.17, 15) is 0 Å². The maximum atomic E-state index is 9.10. The van der Waals surface area contributed by atoms with E-state index in [4.69, 9.17) is 5.11 Å². The lowest BCUT2D eigenvalue weighted by Gasteiger charge is -2.24. The molecule has 0 spiro atoms. The van der Waals surface area contributed by atoms with Crippen molar-refractivity contribution in [1.82, 2.24) is 4.90 Å². The van der Waals surface area contributed by atoms with E-state index in [0.717, 1.165) is 19.4 Å². The fourth-order valence-corrected chi connectivity index (χ4v) is 1.66. The molecule has 0 saturated carbocycles. The standard InChI is InChI=1S/C12H27NO/c1-5-8-11(2)13(4)10-7-6-9-12(3)14/h11-12,14H,5-10H2,1-4H3. The largest absolute Gasteiger partial charge is 0.393 e. The van der Waals surface area contributed by atoms with Crippen LogP contribution in [0, 0.1) is 0 Å². The molecule has 0 rings (SSSR count). The van der Waals surface area contributed by atoms with E-state index in [2.05, 4.69) is 25.8 Å². The summed E-state index contributed by atoms with van der Waals surface area (Å²) in [5.74, 6) is 0. The van der Waals surface area contributed by atoms with Gasteiger partial charge in [0.2, 0.25) is 0 Å². The summed E-state index contributed by atoms with van der Waals surface area (Å²) in [6.07, 6.45) is 5.70. The predicted octanol–water partition coefficient (Wildman–Crippen LogP) is 2.66. The van der Waals surface area contributed by atoms with E-state index in [1.54, 1.807) is 0 Å². The lowest BCUT2D eigenvalue weighted by Crippen LogP contribution is -2.29. The SMILES string of the molecule is CCCC(C)N(C)CCCCC(C)O. The third-order valence-electron chi connectivity index (χ3n) is 2.84. The van der Waals surface area contributed by atoms with E-state index < -0.39 is 0 Å². The molecule has 0 bridgehead atoms. The number of aliphatic hydroxyl groups excluding tert-OH is 1. The van der Waals surface area contributed by atoms with Crippen molar-refractivity contribution in [3.05, 3.63) is 0 Å². The quantitative estimate of drug-likeness (QED) is 0.610. The normalized spacial score (nSPS) is 15.9. The Kier molecular flexibility index (Phi) is 8.20. The van der Waals surface area contributed by atoms with Crippen LogP contribution in [-0.4, -0.2) is 35.7 Å². The molecule has 0 aliphatic carbocycles. The highest BCUT2D eigenvalue weighted by Gasteiger charge is 2.07. The van der Waals surface area contributed by atoms with Crippen molar-refractivity contribution >= 4 is 0 Å². The number of hydrogen-bond donors (Lipinski definition) is 1. The molecule has 0 fully saturated rings. The Bertz CT molecular complexity index is 125. The van der Waals surface area contributed by atoms with Gasteiger partial charge in [0.05, 0.1) is 6.10 Å². The van der Waals surface area contributed by atoms with Gasteiger partial charge in [0.25, 0.3) is 0 Å². The minimum absolute atomic E-state index is 0.131. The smallest absolute Gasteiger partial charge is 0.0512 e. The maximum Gasteiger partial charge on any atom is 0.0512 e. The molecule has 0 heterocycles. The van der Waals surface area contributed by atoms with Crippen molar-refractivity contribution in [2.45, 2.75) is 65.0 Å². The summed E-state index contributed by atoms with van der Waals surface area (Å²) >= 11 is 0. The molecule has 0 saturated heterocycles. The van der Waals surface area contributed by atoms with Crippen molar-refractivity contribution in [2.75, 3.05) is 13.6 Å². The first kappa shape index (κ1) is 13.9. The van der Waals surface area contributed by atoms with Crippen LogP contribution in [0.5, 0.6) is 0 Å². The zero-order chi connectivity index (χ0) is 11.0. The first-order valence-corrected chi connectivity index (χ1v) is 5.96. The lowest BCUT2D eigenvalue weighted by atomic mass is 10.1. The van der Waals surface area contributed by atoms with Gasteiger partial charge in [-0.1, -0.05) is 13.3 Å². The van der Waals surface area contributed by atoms with Gasteiger partial charge in [0, 0.05) is 6.04 Å². The van der Waals surface area contributed by atoms with Crippen LogP contribution < -0.4 is 0 Å². The topological polar surface area (TPSA) is 23.5 Å². The van der Waals surface area contributed by atoms with Crippen molar-refractivity contribution in [3.8, 4) is 0 Å². The number of nitrogens with zero attached hydrogens (tertiary/aromatic N) is 1. The highest BCUT2D eigenvalue weighted by Crippen LogP contribution is 2.07. The molecule has 0 aromatic rings. The Morgan fingerprint density at radius 1 is 1.14 bits per heavy atom. The van der Waals surface area contributed by atoms with Crippen LogP contribution in [0.25, 0.3) is 0 Å². The third-order valence-corrected chi connectivity index (χ3v) is 2.84. The molecule has 2 nitrogen and oxygen atoms in total. The first-order chi connectivity index (χ1) is 6.57. The van der Waals surface area contributed by atoms with Gasteiger partial charge in [-0.3, -0.25) is 0 Å². The van der Waals surface area contributed by atoms with Crippen LogP contribution in [0.2, 0.25) is 0 Å². The molecular weight excluding hydrogens is 174 g/mol. The molecule has 0 amide bonds. The van der Waals surface area contributed by atoms with Crippen LogP contribution in [0.15, 0.2) is 0 Å². The second kappa shape index (κ2) is 8.25. The van der Waals surface area contributed by atoms with Gasteiger partial charge < -0.3 is 10.0 Å². The fourth-order valence-electron chi connectivity index (χ4n) is 1.66. The van der Waals surface area contributed by atoms with Crippen molar-refractivity contribution in [3.63, 3.8) is 0 Å². The monoisotopic (exact) mass is 201 g/mol. The minimum Gasteiger partial charge on any atom is -0.393 e.